The smallest absolute Gasteiger partial charge is 0.259 e. The molecule has 1 fully saturated rings. The van der Waals surface area contributed by atoms with E-state index in [2.05, 4.69) is 4.98 Å². The molecule has 0 bridgehead atoms. The van der Waals surface area contributed by atoms with E-state index in [1.54, 1.807) is 12.1 Å². The summed E-state index contributed by atoms with van der Waals surface area (Å²) in [6, 6.07) is 3.27. The Hall–Kier alpha value is -1.29. The number of carbonyl (C=O) groups excluding carboxylic acids is 1. The van der Waals surface area contributed by atoms with Crippen LogP contribution in [0.1, 0.15) is 23.2 Å². The van der Waals surface area contributed by atoms with Gasteiger partial charge in [-0.15, -0.1) is 0 Å². The van der Waals surface area contributed by atoms with Crippen LogP contribution in [0.3, 0.4) is 0 Å². The van der Waals surface area contributed by atoms with Gasteiger partial charge in [0.25, 0.3) is 5.91 Å². The van der Waals surface area contributed by atoms with Crippen LogP contribution in [0.2, 0.25) is 5.15 Å². The minimum Gasteiger partial charge on any atom is -0.480 e. The van der Waals surface area contributed by atoms with Crippen molar-refractivity contribution in [2.24, 2.45) is 0 Å². The lowest BCUT2D eigenvalue weighted by molar-refractivity contribution is 0.0788. The van der Waals surface area contributed by atoms with E-state index in [1.807, 2.05) is 4.90 Å². The molecule has 0 atom stereocenters. The quantitative estimate of drug-likeness (QED) is 0.743. The van der Waals surface area contributed by atoms with Gasteiger partial charge in [0.15, 0.2) is 0 Å². The minimum atomic E-state index is -0.0292. The minimum absolute atomic E-state index is 0.0292. The van der Waals surface area contributed by atoms with Crippen LogP contribution in [0.5, 0.6) is 5.88 Å². The lowest BCUT2D eigenvalue weighted by Crippen LogP contribution is -2.28. The Morgan fingerprint density at radius 2 is 2.12 bits per heavy atom. The van der Waals surface area contributed by atoms with Crippen LogP contribution in [0, 0.1) is 0 Å². The second-order valence-corrected chi connectivity index (χ2v) is 4.08. The first-order valence-electron chi connectivity index (χ1n) is 5.22. The summed E-state index contributed by atoms with van der Waals surface area (Å²) in [5.74, 6) is 0.267. The van der Waals surface area contributed by atoms with Crippen molar-refractivity contribution in [3.63, 3.8) is 0 Å². The molecule has 2 heterocycles. The van der Waals surface area contributed by atoms with Crippen molar-refractivity contribution >= 4 is 17.5 Å². The number of carbonyl (C=O) groups is 1. The number of amides is 1. The van der Waals surface area contributed by atoms with E-state index >= 15 is 0 Å². The molecular weight excluding hydrogens is 228 g/mol. The SMILES string of the molecule is COc1nc(Cl)ccc1C(=O)N1CCCC1. The van der Waals surface area contributed by atoms with Crippen LogP contribution >= 0.6 is 11.6 Å². The molecule has 86 valence electrons. The number of aromatic nitrogens is 1. The summed E-state index contributed by atoms with van der Waals surface area (Å²) in [6.45, 7) is 1.62. The summed E-state index contributed by atoms with van der Waals surface area (Å²) in [6.07, 6.45) is 2.13. The Morgan fingerprint density at radius 3 is 2.75 bits per heavy atom. The predicted molar refractivity (Wildman–Crippen MR) is 60.9 cm³/mol. The average Bonchev–Trinajstić information content (AvgIpc) is 2.81. The number of nitrogens with zero attached hydrogens (tertiary/aromatic N) is 2. The molecule has 0 aromatic carbocycles. The van der Waals surface area contributed by atoms with Crippen molar-refractivity contribution < 1.29 is 9.53 Å². The highest BCUT2D eigenvalue weighted by Gasteiger charge is 2.23. The van der Waals surface area contributed by atoms with E-state index in [1.165, 1.54) is 7.11 Å². The van der Waals surface area contributed by atoms with Crippen LogP contribution < -0.4 is 4.74 Å². The molecule has 0 radical (unpaired) electrons. The van der Waals surface area contributed by atoms with Gasteiger partial charge in [0.05, 0.1) is 7.11 Å². The first-order valence-corrected chi connectivity index (χ1v) is 5.60. The molecule has 4 nitrogen and oxygen atoms in total. The van der Waals surface area contributed by atoms with Gasteiger partial charge in [-0.2, -0.15) is 0 Å². The molecule has 0 saturated carbocycles. The molecular formula is C11H13ClN2O2. The zero-order valence-corrected chi connectivity index (χ0v) is 9.83. The number of rotatable bonds is 2. The molecule has 1 aromatic heterocycles. The monoisotopic (exact) mass is 240 g/mol. The van der Waals surface area contributed by atoms with Gasteiger partial charge in [0.1, 0.15) is 10.7 Å². The predicted octanol–water partition coefficient (Wildman–Crippen LogP) is 1.98. The number of hydrogen-bond acceptors (Lipinski definition) is 3. The summed E-state index contributed by atoms with van der Waals surface area (Å²) >= 11 is 5.74. The van der Waals surface area contributed by atoms with Crippen LogP contribution in [0.4, 0.5) is 0 Å². The number of halogens is 1. The van der Waals surface area contributed by atoms with E-state index < -0.39 is 0 Å². The molecule has 0 unspecified atom stereocenters. The molecule has 1 aliphatic heterocycles. The van der Waals surface area contributed by atoms with Crippen molar-refractivity contribution in [2.45, 2.75) is 12.8 Å². The Morgan fingerprint density at radius 1 is 1.44 bits per heavy atom. The Labute approximate surface area is 99.2 Å². The van der Waals surface area contributed by atoms with E-state index in [0.29, 0.717) is 16.6 Å². The number of ether oxygens (including phenoxy) is 1. The summed E-state index contributed by atoms with van der Waals surface area (Å²) in [5.41, 5.74) is 0.480. The molecule has 1 amide bonds. The molecule has 1 aromatic rings. The van der Waals surface area contributed by atoms with E-state index in [0.717, 1.165) is 25.9 Å². The zero-order valence-electron chi connectivity index (χ0n) is 9.07. The third kappa shape index (κ3) is 2.11. The summed E-state index contributed by atoms with van der Waals surface area (Å²) < 4.78 is 5.06. The van der Waals surface area contributed by atoms with E-state index in [9.17, 15) is 4.79 Å². The van der Waals surface area contributed by atoms with Crippen molar-refractivity contribution in [3.05, 3.63) is 22.8 Å². The van der Waals surface area contributed by atoms with Crippen LogP contribution in [0.15, 0.2) is 12.1 Å². The maximum absolute atomic E-state index is 12.1. The molecule has 0 N–H and O–H groups in total. The van der Waals surface area contributed by atoms with E-state index in [4.69, 9.17) is 16.3 Å². The highest BCUT2D eigenvalue weighted by Crippen LogP contribution is 2.22. The second kappa shape index (κ2) is 4.70. The maximum Gasteiger partial charge on any atom is 0.259 e. The highest BCUT2D eigenvalue weighted by atomic mass is 35.5. The second-order valence-electron chi connectivity index (χ2n) is 3.69. The molecule has 1 saturated heterocycles. The first-order chi connectivity index (χ1) is 7.72. The fourth-order valence-corrected chi connectivity index (χ4v) is 1.97. The maximum atomic E-state index is 12.1. The summed E-state index contributed by atoms with van der Waals surface area (Å²) in [7, 11) is 1.49. The molecule has 16 heavy (non-hydrogen) atoms. The number of hydrogen-bond donors (Lipinski definition) is 0. The van der Waals surface area contributed by atoms with Crippen molar-refractivity contribution in [1.29, 1.82) is 0 Å². The molecule has 0 aliphatic carbocycles. The fraction of sp³-hybridized carbons (Fsp3) is 0.455. The topological polar surface area (TPSA) is 42.4 Å². The van der Waals surface area contributed by atoms with Gasteiger partial charge in [-0.3, -0.25) is 4.79 Å². The Balaban J connectivity index is 2.28. The summed E-state index contributed by atoms with van der Waals surface area (Å²) in [4.78, 5) is 17.9. The Kier molecular flexibility index (Phi) is 3.29. The number of likely N-dealkylation sites (tertiary alicyclic amines) is 1. The van der Waals surface area contributed by atoms with Crippen molar-refractivity contribution in [3.8, 4) is 5.88 Å². The van der Waals surface area contributed by atoms with Crippen molar-refractivity contribution in [2.75, 3.05) is 20.2 Å². The normalized spacial score (nSPS) is 15.2. The molecule has 5 heteroatoms. The molecule has 2 rings (SSSR count). The standard InChI is InChI=1S/C11H13ClN2O2/c1-16-10-8(4-5-9(12)13-10)11(15)14-6-2-3-7-14/h4-5H,2-3,6-7H2,1H3. The van der Waals surface area contributed by atoms with Crippen LogP contribution in [-0.2, 0) is 0 Å². The number of pyridine rings is 1. The van der Waals surface area contributed by atoms with Crippen LogP contribution in [0.25, 0.3) is 0 Å². The van der Waals surface area contributed by atoms with E-state index in [-0.39, 0.29) is 5.91 Å². The first kappa shape index (κ1) is 11.2. The Bertz CT molecular complexity index is 403. The largest absolute Gasteiger partial charge is 0.480 e. The fourth-order valence-electron chi connectivity index (χ4n) is 1.83. The molecule has 1 aliphatic rings. The van der Waals surface area contributed by atoms with Gasteiger partial charge < -0.3 is 9.64 Å². The summed E-state index contributed by atoms with van der Waals surface area (Å²) in [5, 5.41) is 0.329. The van der Waals surface area contributed by atoms with Crippen molar-refractivity contribution in [1.82, 2.24) is 9.88 Å². The van der Waals surface area contributed by atoms with Gasteiger partial charge in [-0.25, -0.2) is 4.98 Å². The van der Waals surface area contributed by atoms with Crippen LogP contribution in [-0.4, -0.2) is 36.0 Å². The van der Waals surface area contributed by atoms with Gasteiger partial charge in [-0.1, -0.05) is 11.6 Å². The third-order valence-corrected chi connectivity index (χ3v) is 2.85. The molecule has 0 spiro atoms. The lowest BCUT2D eigenvalue weighted by Gasteiger charge is -2.16. The number of methoxy groups -OCH3 is 1. The zero-order chi connectivity index (χ0) is 11.5. The lowest BCUT2D eigenvalue weighted by atomic mass is 10.2. The highest BCUT2D eigenvalue weighted by molar-refractivity contribution is 6.29. The van der Waals surface area contributed by atoms with Gasteiger partial charge >= 0.3 is 0 Å². The van der Waals surface area contributed by atoms with Gasteiger partial charge in [0.2, 0.25) is 5.88 Å². The van der Waals surface area contributed by atoms with Gasteiger partial charge in [-0.05, 0) is 25.0 Å². The third-order valence-electron chi connectivity index (χ3n) is 2.64. The van der Waals surface area contributed by atoms with Gasteiger partial charge in [0, 0.05) is 13.1 Å². The average molecular weight is 241 g/mol.